The van der Waals surface area contributed by atoms with Gasteiger partial charge in [0.1, 0.15) is 11.5 Å². The summed E-state index contributed by atoms with van der Waals surface area (Å²) in [7, 11) is 0. The molecule has 0 aromatic heterocycles. The van der Waals surface area contributed by atoms with E-state index in [0.717, 1.165) is 18.6 Å². The van der Waals surface area contributed by atoms with Crippen molar-refractivity contribution in [1.29, 1.82) is 0 Å². The Bertz CT molecular complexity index is 922. The van der Waals surface area contributed by atoms with Gasteiger partial charge in [0.2, 0.25) is 0 Å². The maximum Gasteiger partial charge on any atom is 0.196 e. The van der Waals surface area contributed by atoms with Crippen molar-refractivity contribution >= 4 is 0 Å². The van der Waals surface area contributed by atoms with Crippen LogP contribution in [-0.4, -0.2) is 18.0 Å². The Morgan fingerprint density at radius 1 is 0.722 bits per heavy atom. The first-order chi connectivity index (χ1) is 16.6. The minimum atomic E-state index is -0.252. The molecule has 0 fully saturated rings. The van der Waals surface area contributed by atoms with Gasteiger partial charge in [0.05, 0.1) is 0 Å². The average molecular weight is 497 g/mol. The van der Waals surface area contributed by atoms with Crippen molar-refractivity contribution in [3.63, 3.8) is 0 Å². The number of ether oxygens (including phenoxy) is 2. The number of hydrogen-bond acceptors (Lipinski definition) is 3. The Hall–Kier alpha value is -2.00. The zero-order valence-electron chi connectivity index (χ0n) is 24.8. The van der Waals surface area contributed by atoms with Gasteiger partial charge >= 0.3 is 0 Å². The van der Waals surface area contributed by atoms with Gasteiger partial charge in [0, 0.05) is 6.61 Å². The normalized spacial score (nSPS) is 15.6. The third-order valence-corrected chi connectivity index (χ3v) is 8.06. The Morgan fingerprint density at radius 2 is 1.25 bits per heavy atom. The van der Waals surface area contributed by atoms with Gasteiger partial charge in [-0.15, -0.1) is 0 Å². The van der Waals surface area contributed by atoms with Crippen molar-refractivity contribution in [2.45, 2.75) is 107 Å². The molecule has 2 rings (SSSR count). The fourth-order valence-corrected chi connectivity index (χ4v) is 7.17. The number of benzene rings is 2. The minimum Gasteiger partial charge on any atom is -0.508 e. The van der Waals surface area contributed by atoms with Gasteiger partial charge in [-0.3, -0.25) is 0 Å². The smallest absolute Gasteiger partial charge is 0.196 e. The molecule has 3 unspecified atom stereocenters. The number of hydrogen-bond donors (Lipinski definition) is 1. The largest absolute Gasteiger partial charge is 0.508 e. The second-order valence-electron chi connectivity index (χ2n) is 13.0. The van der Waals surface area contributed by atoms with Crippen molar-refractivity contribution in [1.82, 2.24) is 0 Å². The number of aromatic hydroxyl groups is 1. The van der Waals surface area contributed by atoms with Crippen LogP contribution in [-0.2, 0) is 4.74 Å². The molecule has 0 aliphatic carbocycles. The lowest BCUT2D eigenvalue weighted by atomic mass is 9.54. The molecule has 2 aromatic rings. The molecule has 3 nitrogen and oxygen atoms in total. The molecule has 0 aliphatic heterocycles. The van der Waals surface area contributed by atoms with Crippen molar-refractivity contribution in [3.8, 4) is 11.5 Å². The summed E-state index contributed by atoms with van der Waals surface area (Å²) in [5.74, 6) is 2.43. The van der Waals surface area contributed by atoms with Crippen molar-refractivity contribution in [3.05, 3.63) is 59.7 Å². The zero-order valence-corrected chi connectivity index (χ0v) is 24.8. The average Bonchev–Trinajstić information content (AvgIpc) is 2.75. The molecule has 0 bridgehead atoms. The van der Waals surface area contributed by atoms with Crippen molar-refractivity contribution in [2.75, 3.05) is 6.61 Å². The van der Waals surface area contributed by atoms with Crippen LogP contribution in [0.25, 0.3) is 0 Å². The number of phenols is 1. The molecule has 202 valence electrons. The van der Waals surface area contributed by atoms with E-state index in [0.29, 0.717) is 30.1 Å². The molecule has 0 heterocycles. The number of rotatable bonds is 13. The van der Waals surface area contributed by atoms with Crippen LogP contribution in [0.3, 0.4) is 0 Å². The van der Waals surface area contributed by atoms with E-state index in [1.165, 1.54) is 11.1 Å². The molecule has 36 heavy (non-hydrogen) atoms. The van der Waals surface area contributed by atoms with Crippen LogP contribution in [0.5, 0.6) is 11.5 Å². The Labute approximate surface area is 221 Å². The summed E-state index contributed by atoms with van der Waals surface area (Å²) < 4.78 is 11.5. The highest BCUT2D eigenvalue weighted by Crippen LogP contribution is 2.57. The predicted octanol–water partition coefficient (Wildman–Crippen LogP) is 9.56. The molecule has 2 aromatic carbocycles. The van der Waals surface area contributed by atoms with Gasteiger partial charge in [0.15, 0.2) is 6.29 Å². The van der Waals surface area contributed by atoms with E-state index in [2.05, 4.69) is 98.7 Å². The Morgan fingerprint density at radius 3 is 1.72 bits per heavy atom. The highest BCUT2D eigenvalue weighted by Gasteiger charge is 2.45. The number of phenolic OH excluding ortho intramolecular Hbond substituents is 1. The van der Waals surface area contributed by atoms with Crippen LogP contribution in [0, 0.1) is 22.2 Å². The summed E-state index contributed by atoms with van der Waals surface area (Å²) in [6, 6.07) is 16.6. The van der Waals surface area contributed by atoms with Gasteiger partial charge in [-0.05, 0) is 89.7 Å². The molecule has 0 spiro atoms. The molecular formula is C33H52O3. The second-order valence-corrected chi connectivity index (χ2v) is 13.0. The monoisotopic (exact) mass is 496 g/mol. The van der Waals surface area contributed by atoms with Crippen LogP contribution in [0.1, 0.15) is 112 Å². The molecule has 0 saturated heterocycles. The lowest BCUT2D eigenvalue weighted by Gasteiger charge is -2.50. The second kappa shape index (κ2) is 12.0. The summed E-state index contributed by atoms with van der Waals surface area (Å²) in [5.41, 5.74) is 2.91. The Kier molecular flexibility index (Phi) is 10.1. The minimum absolute atomic E-state index is 0.0447. The van der Waals surface area contributed by atoms with Crippen LogP contribution < -0.4 is 4.74 Å². The lowest BCUT2D eigenvalue weighted by Crippen LogP contribution is -2.39. The third-order valence-electron chi connectivity index (χ3n) is 8.06. The molecule has 0 radical (unpaired) electrons. The van der Waals surface area contributed by atoms with Gasteiger partial charge in [-0.2, -0.15) is 0 Å². The lowest BCUT2D eigenvalue weighted by molar-refractivity contribution is -0.0613. The van der Waals surface area contributed by atoms with Gasteiger partial charge in [-0.25, -0.2) is 0 Å². The molecule has 0 amide bonds. The predicted molar refractivity (Wildman–Crippen MR) is 153 cm³/mol. The van der Waals surface area contributed by atoms with Gasteiger partial charge < -0.3 is 14.6 Å². The van der Waals surface area contributed by atoms with E-state index in [1.54, 1.807) is 0 Å². The SMILES string of the molecule is CCOC(C)Oc1ccc(C(C(C)C)C(C)(C)CC(C)(C)C(c2ccc(O)cc2)C(C)(C)CC)cc1. The molecule has 0 saturated carbocycles. The summed E-state index contributed by atoms with van der Waals surface area (Å²) in [6.45, 7) is 26.1. The van der Waals surface area contributed by atoms with Crippen molar-refractivity contribution in [2.24, 2.45) is 22.2 Å². The highest BCUT2D eigenvalue weighted by atomic mass is 16.7. The van der Waals surface area contributed by atoms with E-state index in [9.17, 15) is 5.11 Å². The first-order valence-electron chi connectivity index (χ1n) is 13.8. The highest BCUT2D eigenvalue weighted by molar-refractivity contribution is 5.33. The fraction of sp³-hybridized carbons (Fsp3) is 0.636. The standard InChI is InChI=1S/C33H52O3/c1-12-31(6,7)30(26-14-18-27(34)19-15-26)33(10,11)22-32(8,9)29(23(3)4)25-16-20-28(21-17-25)36-24(5)35-13-2/h14-21,23-24,29-30,34H,12-13,22H2,1-11H3. The molecule has 3 heteroatoms. The van der Waals surface area contributed by atoms with Crippen LogP contribution in [0.15, 0.2) is 48.5 Å². The van der Waals surface area contributed by atoms with Crippen LogP contribution >= 0.6 is 0 Å². The van der Waals surface area contributed by atoms with E-state index in [-0.39, 0.29) is 22.5 Å². The molecule has 1 N–H and O–H groups in total. The van der Waals surface area contributed by atoms with Crippen molar-refractivity contribution < 1.29 is 14.6 Å². The fourth-order valence-electron chi connectivity index (χ4n) is 7.17. The van der Waals surface area contributed by atoms with E-state index in [4.69, 9.17) is 9.47 Å². The molecule has 3 atom stereocenters. The third kappa shape index (κ3) is 7.51. The summed E-state index contributed by atoms with van der Waals surface area (Å²) in [6.07, 6.45) is 1.92. The van der Waals surface area contributed by atoms with E-state index >= 15 is 0 Å². The maximum absolute atomic E-state index is 9.93. The zero-order chi connectivity index (χ0) is 27.3. The first kappa shape index (κ1) is 30.2. The van der Waals surface area contributed by atoms with E-state index < -0.39 is 0 Å². The first-order valence-corrected chi connectivity index (χ1v) is 13.8. The summed E-state index contributed by atoms with van der Waals surface area (Å²) >= 11 is 0. The maximum atomic E-state index is 9.93. The van der Waals surface area contributed by atoms with Gasteiger partial charge in [0.25, 0.3) is 0 Å². The van der Waals surface area contributed by atoms with Gasteiger partial charge in [-0.1, -0.05) is 93.0 Å². The molecular weight excluding hydrogens is 444 g/mol. The van der Waals surface area contributed by atoms with E-state index in [1.807, 2.05) is 26.0 Å². The van der Waals surface area contributed by atoms with Crippen LogP contribution in [0.2, 0.25) is 0 Å². The Balaban J connectivity index is 2.39. The quantitative estimate of drug-likeness (QED) is 0.281. The summed E-state index contributed by atoms with van der Waals surface area (Å²) in [5, 5.41) is 9.93. The topological polar surface area (TPSA) is 38.7 Å². The summed E-state index contributed by atoms with van der Waals surface area (Å²) in [4.78, 5) is 0. The molecule has 0 aliphatic rings. The van der Waals surface area contributed by atoms with Crippen LogP contribution in [0.4, 0.5) is 0 Å².